The molecule has 0 radical (unpaired) electrons. The van der Waals surface area contributed by atoms with Crippen LogP contribution in [0.3, 0.4) is 0 Å². The molecule has 6 nitrogen and oxygen atoms in total. The number of hydrogen-bond acceptors (Lipinski definition) is 4. The smallest absolute Gasteiger partial charge is 0.307 e. The summed E-state index contributed by atoms with van der Waals surface area (Å²) in [5.74, 6) is -0.741. The van der Waals surface area contributed by atoms with Crippen molar-refractivity contribution in [2.75, 3.05) is 5.32 Å². The minimum Gasteiger partial charge on any atom is -0.481 e. The molecule has 154 valence electrons. The van der Waals surface area contributed by atoms with Crippen LogP contribution >= 0.6 is 11.6 Å². The molecular weight excluding hydrogens is 416 g/mol. The highest BCUT2D eigenvalue weighted by Crippen LogP contribution is 2.26. The minimum atomic E-state index is -0.896. The van der Waals surface area contributed by atoms with Crippen LogP contribution in [0.15, 0.2) is 77.2 Å². The van der Waals surface area contributed by atoms with E-state index in [1.807, 2.05) is 24.3 Å². The van der Waals surface area contributed by atoms with E-state index in [1.165, 1.54) is 6.08 Å². The van der Waals surface area contributed by atoms with Crippen LogP contribution in [0.4, 0.5) is 5.69 Å². The lowest BCUT2D eigenvalue weighted by Gasteiger charge is -2.03. The zero-order valence-electron chi connectivity index (χ0n) is 16.2. The highest BCUT2D eigenvalue weighted by molar-refractivity contribution is 6.33. The van der Waals surface area contributed by atoms with Gasteiger partial charge < -0.3 is 14.8 Å². The molecule has 0 aliphatic rings. The summed E-state index contributed by atoms with van der Waals surface area (Å²) in [5, 5.41) is 12.1. The molecule has 7 heteroatoms. The number of nitrogens with one attached hydrogen (secondary N) is 1. The molecule has 0 aliphatic carbocycles. The number of aliphatic carboxylic acids is 1. The third-order valence-electron chi connectivity index (χ3n) is 4.52. The standard InChI is InChI=1S/C24H17ClN2O4/c25-18-3-1-2-4-19(18)26-22(28)12-8-15-5-9-17(10-6-15)24-27-20-13-16(14-23(29)30)7-11-21(20)31-24/h1-13H,14H2,(H,26,28)(H,29,30)/b12-8+. The number of oxazole rings is 1. The van der Waals surface area contributed by atoms with Gasteiger partial charge in [0.15, 0.2) is 5.58 Å². The molecule has 1 heterocycles. The van der Waals surface area contributed by atoms with Crippen LogP contribution in [-0.4, -0.2) is 22.0 Å². The van der Waals surface area contributed by atoms with Crippen molar-refractivity contribution >= 4 is 46.3 Å². The average Bonchev–Trinajstić information content (AvgIpc) is 3.17. The van der Waals surface area contributed by atoms with Gasteiger partial charge in [-0.15, -0.1) is 0 Å². The number of nitrogens with zero attached hydrogens (tertiary/aromatic N) is 1. The first-order valence-corrected chi connectivity index (χ1v) is 9.81. The number of aromatic nitrogens is 1. The Kier molecular flexibility index (Phi) is 5.82. The number of anilines is 1. The summed E-state index contributed by atoms with van der Waals surface area (Å²) in [6.45, 7) is 0. The van der Waals surface area contributed by atoms with Crippen molar-refractivity contribution in [3.63, 3.8) is 0 Å². The zero-order chi connectivity index (χ0) is 21.8. The first kappa shape index (κ1) is 20.4. The number of carbonyl (C=O) groups excluding carboxylic acids is 1. The van der Waals surface area contributed by atoms with Gasteiger partial charge in [0.25, 0.3) is 0 Å². The van der Waals surface area contributed by atoms with Crippen LogP contribution in [0, 0.1) is 0 Å². The number of carboxylic acids is 1. The molecule has 4 aromatic rings. The number of rotatable bonds is 6. The third-order valence-corrected chi connectivity index (χ3v) is 4.85. The van der Waals surface area contributed by atoms with Gasteiger partial charge in [0.05, 0.1) is 17.1 Å². The van der Waals surface area contributed by atoms with Gasteiger partial charge in [-0.3, -0.25) is 9.59 Å². The number of amides is 1. The van der Waals surface area contributed by atoms with Crippen LogP contribution in [0.25, 0.3) is 28.6 Å². The molecule has 31 heavy (non-hydrogen) atoms. The third kappa shape index (κ3) is 4.99. The number of benzene rings is 3. The van der Waals surface area contributed by atoms with E-state index in [9.17, 15) is 9.59 Å². The number of halogens is 1. The number of carbonyl (C=O) groups is 2. The zero-order valence-corrected chi connectivity index (χ0v) is 17.0. The quantitative estimate of drug-likeness (QED) is 0.396. The fourth-order valence-corrected chi connectivity index (χ4v) is 3.21. The highest BCUT2D eigenvalue weighted by atomic mass is 35.5. The Morgan fingerprint density at radius 1 is 1.06 bits per heavy atom. The minimum absolute atomic E-state index is 0.0663. The fraction of sp³-hybridized carbons (Fsp3) is 0.0417. The molecule has 1 aromatic heterocycles. The summed E-state index contributed by atoms with van der Waals surface area (Å²) in [5.41, 5.74) is 4.01. The number of hydrogen-bond donors (Lipinski definition) is 2. The highest BCUT2D eigenvalue weighted by Gasteiger charge is 2.10. The first-order valence-electron chi connectivity index (χ1n) is 9.43. The van der Waals surface area contributed by atoms with Crippen molar-refractivity contribution in [1.29, 1.82) is 0 Å². The predicted molar refractivity (Wildman–Crippen MR) is 120 cm³/mol. The van der Waals surface area contributed by atoms with Crippen LogP contribution in [0.1, 0.15) is 11.1 Å². The van der Waals surface area contributed by atoms with Crippen molar-refractivity contribution in [2.24, 2.45) is 0 Å². The Hall–Kier alpha value is -3.90. The van der Waals surface area contributed by atoms with Crippen LogP contribution in [0.2, 0.25) is 5.02 Å². The summed E-state index contributed by atoms with van der Waals surface area (Å²) in [7, 11) is 0. The van der Waals surface area contributed by atoms with Crippen LogP contribution in [0.5, 0.6) is 0 Å². The molecule has 4 rings (SSSR count). The summed E-state index contributed by atoms with van der Waals surface area (Å²) in [4.78, 5) is 27.4. The van der Waals surface area contributed by atoms with Gasteiger partial charge in [-0.25, -0.2) is 4.98 Å². The Morgan fingerprint density at radius 3 is 2.58 bits per heavy atom. The molecular formula is C24H17ClN2O4. The van der Waals surface area contributed by atoms with Crippen molar-refractivity contribution < 1.29 is 19.1 Å². The molecule has 2 N–H and O–H groups in total. The second kappa shape index (κ2) is 8.85. The van der Waals surface area contributed by atoms with Gasteiger partial charge in [-0.05, 0) is 53.6 Å². The molecule has 0 saturated heterocycles. The second-order valence-electron chi connectivity index (χ2n) is 6.82. The Morgan fingerprint density at radius 2 is 1.84 bits per heavy atom. The van der Waals surface area contributed by atoms with E-state index in [0.717, 1.165) is 11.1 Å². The van der Waals surface area contributed by atoms with E-state index in [4.69, 9.17) is 21.1 Å². The van der Waals surface area contributed by atoms with E-state index in [1.54, 1.807) is 48.5 Å². The Labute approximate surface area is 182 Å². The normalized spacial score (nSPS) is 11.1. The van der Waals surface area contributed by atoms with E-state index in [2.05, 4.69) is 10.3 Å². The number of para-hydroxylation sites is 1. The molecule has 0 saturated carbocycles. The van der Waals surface area contributed by atoms with Crippen LogP contribution in [-0.2, 0) is 16.0 Å². The lowest BCUT2D eigenvalue weighted by molar-refractivity contribution is -0.136. The number of fused-ring (bicyclic) bond motifs is 1. The molecule has 0 fully saturated rings. The van der Waals surface area contributed by atoms with Crippen LogP contribution < -0.4 is 5.32 Å². The molecule has 0 unspecified atom stereocenters. The summed E-state index contributed by atoms with van der Waals surface area (Å²) in [6.07, 6.45) is 3.06. The molecule has 3 aromatic carbocycles. The first-order chi connectivity index (χ1) is 15.0. The van der Waals surface area contributed by atoms with Crippen molar-refractivity contribution in [3.05, 3.63) is 89.0 Å². The molecule has 0 spiro atoms. The Balaban J connectivity index is 1.46. The maximum Gasteiger partial charge on any atom is 0.307 e. The van der Waals surface area contributed by atoms with Gasteiger partial charge in [0.1, 0.15) is 5.52 Å². The van der Waals surface area contributed by atoms with E-state index < -0.39 is 5.97 Å². The molecule has 0 atom stereocenters. The predicted octanol–water partition coefficient (Wildman–Crippen LogP) is 5.43. The van der Waals surface area contributed by atoms with E-state index >= 15 is 0 Å². The van der Waals surface area contributed by atoms with Gasteiger partial charge in [-0.2, -0.15) is 0 Å². The molecule has 0 aliphatic heterocycles. The summed E-state index contributed by atoms with van der Waals surface area (Å²) < 4.78 is 5.78. The van der Waals surface area contributed by atoms with Gasteiger partial charge in [0.2, 0.25) is 11.8 Å². The summed E-state index contributed by atoms with van der Waals surface area (Å²) in [6, 6.07) is 19.6. The summed E-state index contributed by atoms with van der Waals surface area (Å²) >= 11 is 6.04. The topological polar surface area (TPSA) is 92.4 Å². The largest absolute Gasteiger partial charge is 0.481 e. The van der Waals surface area contributed by atoms with Gasteiger partial charge in [0, 0.05) is 11.6 Å². The average molecular weight is 433 g/mol. The maximum atomic E-state index is 12.1. The lowest BCUT2D eigenvalue weighted by atomic mass is 10.1. The van der Waals surface area contributed by atoms with Crippen molar-refractivity contribution in [3.8, 4) is 11.5 Å². The Bertz CT molecular complexity index is 1290. The monoisotopic (exact) mass is 432 g/mol. The van der Waals surface area contributed by atoms with Crippen molar-refractivity contribution in [2.45, 2.75) is 6.42 Å². The number of carboxylic acid groups (broad SMARTS) is 1. The maximum absolute atomic E-state index is 12.1. The fourth-order valence-electron chi connectivity index (χ4n) is 3.03. The van der Waals surface area contributed by atoms with E-state index in [0.29, 0.717) is 33.3 Å². The second-order valence-corrected chi connectivity index (χ2v) is 7.22. The van der Waals surface area contributed by atoms with Gasteiger partial charge >= 0.3 is 5.97 Å². The molecule has 0 bridgehead atoms. The van der Waals surface area contributed by atoms with Gasteiger partial charge in [-0.1, -0.05) is 41.9 Å². The lowest BCUT2D eigenvalue weighted by Crippen LogP contribution is -2.07. The molecule has 1 amide bonds. The van der Waals surface area contributed by atoms with Crippen molar-refractivity contribution in [1.82, 2.24) is 4.98 Å². The SMILES string of the molecule is O=C(O)Cc1ccc2oc(-c3ccc(/C=C/C(=O)Nc4ccccc4Cl)cc3)nc2c1. The van der Waals surface area contributed by atoms with E-state index in [-0.39, 0.29) is 12.3 Å².